The number of aliphatic hydroxyl groups is 1. The van der Waals surface area contributed by atoms with Crippen molar-refractivity contribution in [3.8, 4) is 17.5 Å². The van der Waals surface area contributed by atoms with E-state index in [1.807, 2.05) is 0 Å². The molecule has 2 heterocycles. The number of aromatic amines is 2. The van der Waals surface area contributed by atoms with Gasteiger partial charge in [0.05, 0.1) is 34.5 Å². The van der Waals surface area contributed by atoms with Crippen molar-refractivity contribution in [1.29, 1.82) is 5.26 Å². The summed E-state index contributed by atoms with van der Waals surface area (Å²) in [5.41, 5.74) is 2.99. The second-order valence-electron chi connectivity index (χ2n) is 6.48. The molecule has 144 valence electrons. The maximum Gasteiger partial charge on any atom is 0.261 e. The fraction of sp³-hybridized carbons (Fsp3) is 0.0952. The van der Waals surface area contributed by atoms with Gasteiger partial charge >= 0.3 is 0 Å². The summed E-state index contributed by atoms with van der Waals surface area (Å²) in [6.45, 7) is 0.176. The van der Waals surface area contributed by atoms with Crippen LogP contribution < -0.4 is 10.9 Å². The molecule has 0 aliphatic heterocycles. The lowest BCUT2D eigenvalue weighted by Gasteiger charge is -2.15. The summed E-state index contributed by atoms with van der Waals surface area (Å²) in [6.07, 6.45) is 0.714. The number of halogens is 1. The summed E-state index contributed by atoms with van der Waals surface area (Å²) < 4.78 is 0. The van der Waals surface area contributed by atoms with Crippen LogP contribution in [0, 0.1) is 11.3 Å². The Morgan fingerprint density at radius 3 is 2.90 bits per heavy atom. The number of benzene rings is 2. The summed E-state index contributed by atoms with van der Waals surface area (Å²) in [5, 5.41) is 23.2. The van der Waals surface area contributed by atoms with Gasteiger partial charge in [0.2, 0.25) is 0 Å². The highest BCUT2D eigenvalue weighted by atomic mass is 35.5. The Kier molecular flexibility index (Phi) is 5.04. The highest BCUT2D eigenvalue weighted by Gasteiger charge is 2.16. The highest BCUT2D eigenvalue weighted by molar-refractivity contribution is 6.30. The molecule has 4 N–H and O–H groups in total. The molecule has 0 spiro atoms. The van der Waals surface area contributed by atoms with E-state index in [0.717, 1.165) is 0 Å². The first-order valence-corrected chi connectivity index (χ1v) is 9.22. The fourth-order valence-corrected chi connectivity index (χ4v) is 3.30. The predicted molar refractivity (Wildman–Crippen MR) is 112 cm³/mol. The number of hydrogen-bond donors (Lipinski definition) is 4. The number of hydrogen-bond acceptors (Lipinski definition) is 5. The third kappa shape index (κ3) is 3.85. The van der Waals surface area contributed by atoms with Crippen LogP contribution in [0.15, 0.2) is 59.5 Å². The number of aliphatic hydroxyl groups excluding tert-OH is 1. The molecule has 4 rings (SSSR count). The number of imidazole rings is 1. The topological polar surface area (TPSA) is 118 Å². The lowest BCUT2D eigenvalue weighted by Crippen LogP contribution is -2.17. The Morgan fingerprint density at radius 1 is 1.24 bits per heavy atom. The van der Waals surface area contributed by atoms with Crippen molar-refractivity contribution in [2.24, 2.45) is 0 Å². The van der Waals surface area contributed by atoms with E-state index < -0.39 is 6.10 Å². The van der Waals surface area contributed by atoms with E-state index in [0.29, 0.717) is 44.3 Å². The molecule has 1 atom stereocenters. The zero-order valence-corrected chi connectivity index (χ0v) is 15.9. The van der Waals surface area contributed by atoms with Gasteiger partial charge in [0.25, 0.3) is 5.56 Å². The quantitative estimate of drug-likeness (QED) is 0.404. The van der Waals surface area contributed by atoms with Crippen molar-refractivity contribution in [1.82, 2.24) is 15.0 Å². The lowest BCUT2D eigenvalue weighted by molar-refractivity contribution is 0.191. The number of nitrogens with one attached hydrogen (secondary N) is 3. The number of nitriles is 1. The van der Waals surface area contributed by atoms with Gasteiger partial charge in [-0.2, -0.15) is 5.26 Å². The molecule has 7 nitrogen and oxygen atoms in total. The van der Waals surface area contributed by atoms with Gasteiger partial charge in [0.1, 0.15) is 11.4 Å². The summed E-state index contributed by atoms with van der Waals surface area (Å²) in [6, 6.07) is 15.8. The zero-order valence-electron chi connectivity index (χ0n) is 15.1. The predicted octanol–water partition coefficient (Wildman–Crippen LogP) is 3.59. The Hall–Kier alpha value is -3.60. The number of rotatable bonds is 5. The molecular weight excluding hydrogens is 390 g/mol. The van der Waals surface area contributed by atoms with Gasteiger partial charge < -0.3 is 20.4 Å². The Bertz CT molecular complexity index is 1290. The third-order valence-corrected chi connectivity index (χ3v) is 4.76. The first-order valence-electron chi connectivity index (χ1n) is 8.84. The van der Waals surface area contributed by atoms with E-state index in [2.05, 4.69) is 26.3 Å². The van der Waals surface area contributed by atoms with Crippen LogP contribution in [0.4, 0.5) is 5.69 Å². The molecule has 0 fully saturated rings. The van der Waals surface area contributed by atoms with Crippen molar-refractivity contribution in [3.63, 3.8) is 0 Å². The monoisotopic (exact) mass is 405 g/mol. The van der Waals surface area contributed by atoms with E-state index in [-0.39, 0.29) is 12.1 Å². The maximum atomic E-state index is 12.5. The van der Waals surface area contributed by atoms with Gasteiger partial charge in [-0.25, -0.2) is 4.98 Å². The molecule has 8 heteroatoms. The van der Waals surface area contributed by atoms with E-state index in [1.165, 1.54) is 6.20 Å². The molecule has 2 aromatic heterocycles. The minimum atomic E-state index is -0.810. The van der Waals surface area contributed by atoms with Gasteiger partial charge in [0.15, 0.2) is 0 Å². The molecule has 29 heavy (non-hydrogen) atoms. The Labute approximate surface area is 170 Å². The number of aromatic nitrogens is 3. The van der Waals surface area contributed by atoms with E-state index >= 15 is 0 Å². The van der Waals surface area contributed by atoms with Crippen molar-refractivity contribution in [2.45, 2.75) is 6.10 Å². The molecule has 0 aliphatic carbocycles. The molecule has 0 bridgehead atoms. The van der Waals surface area contributed by atoms with Crippen LogP contribution in [-0.4, -0.2) is 26.6 Å². The molecule has 0 radical (unpaired) electrons. The van der Waals surface area contributed by atoms with Gasteiger partial charge in [-0.15, -0.1) is 0 Å². The molecule has 1 unspecified atom stereocenters. The minimum Gasteiger partial charge on any atom is -0.387 e. The second kappa shape index (κ2) is 7.80. The normalized spacial score (nSPS) is 11.9. The summed E-state index contributed by atoms with van der Waals surface area (Å²) >= 11 is 5.98. The number of anilines is 1. The molecule has 4 aromatic rings. The van der Waals surface area contributed by atoms with Crippen LogP contribution in [0.5, 0.6) is 0 Å². The van der Waals surface area contributed by atoms with Crippen molar-refractivity contribution >= 4 is 28.3 Å². The summed E-state index contributed by atoms with van der Waals surface area (Å²) in [4.78, 5) is 22.7. The molecule has 0 aliphatic rings. The molecule has 0 saturated carbocycles. The van der Waals surface area contributed by atoms with Gasteiger partial charge in [0, 0.05) is 17.8 Å². The minimum absolute atomic E-state index is 0.176. The highest BCUT2D eigenvalue weighted by Crippen LogP contribution is 2.26. The molecule has 0 amide bonds. The molecular formula is C21H16ClN5O2. The van der Waals surface area contributed by atoms with Gasteiger partial charge in [-0.05, 0) is 42.0 Å². The van der Waals surface area contributed by atoms with Crippen LogP contribution in [0.2, 0.25) is 5.02 Å². The fourth-order valence-electron chi connectivity index (χ4n) is 3.10. The zero-order chi connectivity index (χ0) is 20.4. The lowest BCUT2D eigenvalue weighted by atomic mass is 10.1. The van der Waals surface area contributed by atoms with E-state index in [1.54, 1.807) is 48.5 Å². The molecule has 2 aromatic carbocycles. The number of H-pyrrole nitrogens is 2. The largest absolute Gasteiger partial charge is 0.387 e. The van der Waals surface area contributed by atoms with Crippen molar-refractivity contribution in [2.75, 3.05) is 11.9 Å². The first kappa shape index (κ1) is 18.7. The number of nitrogens with zero attached hydrogens (tertiary/aromatic N) is 2. The van der Waals surface area contributed by atoms with Crippen LogP contribution in [-0.2, 0) is 0 Å². The van der Waals surface area contributed by atoms with Crippen molar-refractivity contribution in [3.05, 3.63) is 81.2 Å². The Morgan fingerprint density at radius 2 is 2.10 bits per heavy atom. The van der Waals surface area contributed by atoms with Crippen molar-refractivity contribution < 1.29 is 5.11 Å². The standard InChI is InChI=1S/C21H16ClN5O2/c22-14-3-1-2-13(9-14)18(28)11-25-16-6-7-24-21(29)19(16)20-26-15-5-4-12(10-23)8-17(15)27-20/h1-9,18,28H,11H2,(H,26,27)(H2,24,25,29). The first-order chi connectivity index (χ1) is 14.0. The average molecular weight is 406 g/mol. The van der Waals surface area contributed by atoms with Crippen LogP contribution in [0.25, 0.3) is 22.4 Å². The van der Waals surface area contributed by atoms with Crippen LogP contribution in [0.1, 0.15) is 17.2 Å². The van der Waals surface area contributed by atoms with Crippen LogP contribution >= 0.6 is 11.6 Å². The third-order valence-electron chi connectivity index (χ3n) is 4.53. The van der Waals surface area contributed by atoms with E-state index in [9.17, 15) is 9.90 Å². The Balaban J connectivity index is 1.66. The number of fused-ring (bicyclic) bond motifs is 1. The van der Waals surface area contributed by atoms with Crippen LogP contribution in [0.3, 0.4) is 0 Å². The second-order valence-corrected chi connectivity index (χ2v) is 6.91. The number of pyridine rings is 1. The molecule has 0 saturated heterocycles. The maximum absolute atomic E-state index is 12.5. The van der Waals surface area contributed by atoms with Gasteiger partial charge in [-0.3, -0.25) is 4.79 Å². The summed E-state index contributed by atoms with van der Waals surface area (Å²) in [7, 11) is 0. The summed E-state index contributed by atoms with van der Waals surface area (Å²) in [5.74, 6) is 0.372. The SMILES string of the molecule is N#Cc1ccc2nc(-c3c(NCC(O)c4cccc(Cl)c4)cc[nH]c3=O)[nH]c2c1. The average Bonchev–Trinajstić information content (AvgIpc) is 3.14. The van der Waals surface area contributed by atoms with Gasteiger partial charge in [-0.1, -0.05) is 23.7 Å². The smallest absolute Gasteiger partial charge is 0.261 e. The van der Waals surface area contributed by atoms with E-state index in [4.69, 9.17) is 16.9 Å².